The van der Waals surface area contributed by atoms with Crippen LogP contribution in [0.3, 0.4) is 0 Å². The number of amides is 1. The van der Waals surface area contributed by atoms with Gasteiger partial charge < -0.3 is 5.32 Å². The Hall–Kier alpha value is -1.16. The van der Waals surface area contributed by atoms with E-state index < -0.39 is 0 Å². The number of hydrogen-bond acceptors (Lipinski definition) is 3. The highest BCUT2D eigenvalue weighted by molar-refractivity contribution is 6.29. The van der Waals surface area contributed by atoms with E-state index in [4.69, 9.17) is 11.6 Å². The Morgan fingerprint density at radius 3 is 2.62 bits per heavy atom. The Kier molecular flexibility index (Phi) is 3.10. The number of nitrogens with zero attached hydrogens (tertiary/aromatic N) is 2. The molecular weight excluding hydrogens is 226 g/mol. The van der Waals surface area contributed by atoms with Crippen molar-refractivity contribution in [3.63, 3.8) is 0 Å². The first kappa shape index (κ1) is 11.3. The summed E-state index contributed by atoms with van der Waals surface area (Å²) >= 11 is 5.61. The highest BCUT2D eigenvalue weighted by atomic mass is 35.5. The van der Waals surface area contributed by atoms with Gasteiger partial charge in [0.15, 0.2) is 10.8 Å². The van der Waals surface area contributed by atoms with Crippen molar-refractivity contribution in [1.82, 2.24) is 15.5 Å². The maximum absolute atomic E-state index is 11.9. The summed E-state index contributed by atoms with van der Waals surface area (Å²) in [6, 6.07) is 3.16. The van der Waals surface area contributed by atoms with Crippen LogP contribution < -0.4 is 5.32 Å². The van der Waals surface area contributed by atoms with Crippen molar-refractivity contribution in [2.24, 2.45) is 0 Å². The van der Waals surface area contributed by atoms with Crippen LogP contribution in [0.2, 0.25) is 5.15 Å². The van der Waals surface area contributed by atoms with Crippen LogP contribution in [0.25, 0.3) is 0 Å². The molecule has 0 aromatic carbocycles. The Labute approximate surface area is 99.4 Å². The van der Waals surface area contributed by atoms with Crippen LogP contribution in [0.5, 0.6) is 0 Å². The van der Waals surface area contributed by atoms with E-state index in [0.717, 1.165) is 12.8 Å². The van der Waals surface area contributed by atoms with Gasteiger partial charge in [-0.05, 0) is 31.9 Å². The number of carbonyl (C=O) groups is 1. The molecule has 2 rings (SSSR count). The van der Waals surface area contributed by atoms with E-state index in [-0.39, 0.29) is 11.4 Å². The fourth-order valence-corrected chi connectivity index (χ4v) is 2.16. The summed E-state index contributed by atoms with van der Waals surface area (Å²) in [7, 11) is 0. The van der Waals surface area contributed by atoms with Crippen molar-refractivity contribution in [3.05, 3.63) is 23.0 Å². The van der Waals surface area contributed by atoms with Gasteiger partial charge in [0.05, 0.1) is 0 Å². The number of halogens is 1. The summed E-state index contributed by atoms with van der Waals surface area (Å²) in [4.78, 5) is 11.9. The lowest BCUT2D eigenvalue weighted by atomic mass is 10.0. The molecule has 0 radical (unpaired) electrons. The summed E-state index contributed by atoms with van der Waals surface area (Å²) in [5.74, 6) is -0.173. The van der Waals surface area contributed by atoms with Crippen LogP contribution in [0.1, 0.15) is 43.1 Å². The van der Waals surface area contributed by atoms with Crippen molar-refractivity contribution in [2.45, 2.75) is 38.1 Å². The Morgan fingerprint density at radius 1 is 1.38 bits per heavy atom. The number of nitrogens with one attached hydrogen (secondary N) is 1. The molecule has 1 aliphatic carbocycles. The molecule has 0 saturated heterocycles. The fourth-order valence-electron chi connectivity index (χ4n) is 2.06. The number of hydrogen-bond donors (Lipinski definition) is 1. The molecule has 1 aromatic heterocycles. The molecule has 1 aliphatic rings. The molecule has 16 heavy (non-hydrogen) atoms. The van der Waals surface area contributed by atoms with Crippen molar-refractivity contribution in [1.29, 1.82) is 0 Å². The van der Waals surface area contributed by atoms with Crippen LogP contribution in [0.15, 0.2) is 12.1 Å². The predicted molar refractivity (Wildman–Crippen MR) is 61.4 cm³/mol. The van der Waals surface area contributed by atoms with Crippen molar-refractivity contribution < 1.29 is 4.79 Å². The smallest absolute Gasteiger partial charge is 0.272 e. The van der Waals surface area contributed by atoms with Crippen LogP contribution in [0, 0.1) is 0 Å². The summed E-state index contributed by atoms with van der Waals surface area (Å²) < 4.78 is 0. The van der Waals surface area contributed by atoms with Crippen LogP contribution in [0.4, 0.5) is 0 Å². The van der Waals surface area contributed by atoms with Crippen molar-refractivity contribution in [3.8, 4) is 0 Å². The molecule has 0 unspecified atom stereocenters. The minimum atomic E-state index is -0.173. The number of carbonyl (C=O) groups excluding carboxylic acids is 1. The first-order chi connectivity index (χ1) is 7.59. The molecule has 0 aliphatic heterocycles. The van der Waals surface area contributed by atoms with Gasteiger partial charge in [0.25, 0.3) is 5.91 Å². The second kappa shape index (κ2) is 4.37. The summed E-state index contributed by atoms with van der Waals surface area (Å²) in [6.07, 6.45) is 4.39. The van der Waals surface area contributed by atoms with E-state index in [1.807, 2.05) is 0 Å². The van der Waals surface area contributed by atoms with Gasteiger partial charge in [-0.3, -0.25) is 4.79 Å². The number of aromatic nitrogens is 2. The summed E-state index contributed by atoms with van der Waals surface area (Å²) in [5, 5.41) is 10.7. The Morgan fingerprint density at radius 2 is 2.06 bits per heavy atom. The first-order valence-electron chi connectivity index (χ1n) is 5.41. The molecule has 1 saturated carbocycles. The van der Waals surface area contributed by atoms with E-state index in [1.165, 1.54) is 12.8 Å². The molecular formula is C11H14ClN3O. The Balaban J connectivity index is 2.05. The normalized spacial score (nSPS) is 18.4. The molecule has 1 amide bonds. The van der Waals surface area contributed by atoms with E-state index in [0.29, 0.717) is 10.8 Å². The molecule has 0 spiro atoms. The maximum Gasteiger partial charge on any atom is 0.272 e. The molecule has 5 heteroatoms. The van der Waals surface area contributed by atoms with Crippen molar-refractivity contribution in [2.75, 3.05) is 0 Å². The third-order valence-corrected chi connectivity index (χ3v) is 3.19. The third kappa shape index (κ3) is 2.50. The van der Waals surface area contributed by atoms with Gasteiger partial charge >= 0.3 is 0 Å². The topological polar surface area (TPSA) is 54.9 Å². The van der Waals surface area contributed by atoms with Gasteiger partial charge in [-0.1, -0.05) is 24.4 Å². The minimum Gasteiger partial charge on any atom is -0.345 e. The van der Waals surface area contributed by atoms with Gasteiger partial charge in [0.2, 0.25) is 0 Å². The van der Waals surface area contributed by atoms with Crippen LogP contribution in [-0.4, -0.2) is 21.6 Å². The van der Waals surface area contributed by atoms with Gasteiger partial charge in [-0.25, -0.2) is 0 Å². The molecule has 4 nitrogen and oxygen atoms in total. The number of rotatable bonds is 2. The largest absolute Gasteiger partial charge is 0.345 e. The average Bonchev–Trinajstić information content (AvgIpc) is 2.65. The second-order valence-electron chi connectivity index (χ2n) is 4.46. The third-order valence-electron chi connectivity index (χ3n) is 2.99. The summed E-state index contributed by atoms with van der Waals surface area (Å²) in [5.41, 5.74) is 0.232. The average molecular weight is 240 g/mol. The summed E-state index contributed by atoms with van der Waals surface area (Å²) in [6.45, 7) is 2.07. The quantitative estimate of drug-likeness (QED) is 0.861. The van der Waals surface area contributed by atoms with Gasteiger partial charge in [-0.15, -0.1) is 10.2 Å². The van der Waals surface area contributed by atoms with E-state index >= 15 is 0 Å². The minimum absolute atomic E-state index is 0.0849. The van der Waals surface area contributed by atoms with E-state index in [9.17, 15) is 4.79 Å². The Bertz CT molecular complexity index is 385. The standard InChI is InChI=1S/C11H14ClN3O/c1-11(6-2-3-7-11)13-10(16)8-4-5-9(12)15-14-8/h4-5H,2-3,6-7H2,1H3,(H,13,16). The molecule has 86 valence electrons. The van der Waals surface area contributed by atoms with E-state index in [2.05, 4.69) is 22.4 Å². The first-order valence-corrected chi connectivity index (χ1v) is 5.79. The van der Waals surface area contributed by atoms with Crippen LogP contribution in [-0.2, 0) is 0 Å². The SMILES string of the molecule is CC1(NC(=O)c2ccc(Cl)nn2)CCCC1. The van der Waals surface area contributed by atoms with E-state index in [1.54, 1.807) is 12.1 Å². The second-order valence-corrected chi connectivity index (χ2v) is 4.85. The van der Waals surface area contributed by atoms with Gasteiger partial charge in [0.1, 0.15) is 0 Å². The molecule has 1 heterocycles. The lowest BCUT2D eigenvalue weighted by Crippen LogP contribution is -2.43. The molecule has 1 N–H and O–H groups in total. The molecule has 0 bridgehead atoms. The zero-order chi connectivity index (χ0) is 11.6. The maximum atomic E-state index is 11.9. The zero-order valence-electron chi connectivity index (χ0n) is 9.16. The van der Waals surface area contributed by atoms with Crippen LogP contribution >= 0.6 is 11.6 Å². The monoisotopic (exact) mass is 239 g/mol. The lowest BCUT2D eigenvalue weighted by Gasteiger charge is -2.24. The van der Waals surface area contributed by atoms with Crippen molar-refractivity contribution >= 4 is 17.5 Å². The molecule has 0 atom stereocenters. The molecule has 1 aromatic rings. The predicted octanol–water partition coefficient (Wildman–Crippen LogP) is 2.19. The van der Waals surface area contributed by atoms with Gasteiger partial charge in [0, 0.05) is 5.54 Å². The zero-order valence-corrected chi connectivity index (χ0v) is 9.92. The molecule has 1 fully saturated rings. The highest BCUT2D eigenvalue weighted by Gasteiger charge is 2.30. The van der Waals surface area contributed by atoms with Gasteiger partial charge in [-0.2, -0.15) is 0 Å². The fraction of sp³-hybridized carbons (Fsp3) is 0.545. The highest BCUT2D eigenvalue weighted by Crippen LogP contribution is 2.28. The lowest BCUT2D eigenvalue weighted by molar-refractivity contribution is 0.0902.